The van der Waals surface area contributed by atoms with E-state index in [9.17, 15) is 4.79 Å². The highest BCUT2D eigenvalue weighted by Gasteiger charge is 2.12. The Kier molecular flexibility index (Phi) is 3.85. The first-order valence-electron chi connectivity index (χ1n) is 3.82. The van der Waals surface area contributed by atoms with Crippen molar-refractivity contribution in [3.05, 3.63) is 16.1 Å². The van der Waals surface area contributed by atoms with E-state index in [1.54, 1.807) is 19.5 Å². The number of nitrogens with zero attached hydrogens (tertiary/aromatic N) is 1. The van der Waals surface area contributed by atoms with Crippen LogP contribution in [0.5, 0.6) is 0 Å². The molecule has 1 rings (SSSR count). The molecule has 0 saturated heterocycles. The number of hydrogen-bond acceptors (Lipinski definition) is 5. The first-order chi connectivity index (χ1) is 6.25. The summed E-state index contributed by atoms with van der Waals surface area (Å²) < 4.78 is 9.66. The molecule has 0 bridgehead atoms. The molecule has 5 heteroatoms. The van der Waals surface area contributed by atoms with Crippen molar-refractivity contribution < 1.29 is 14.3 Å². The summed E-state index contributed by atoms with van der Waals surface area (Å²) in [6.07, 6.45) is 0. The van der Waals surface area contributed by atoms with Crippen molar-refractivity contribution in [1.82, 2.24) is 4.98 Å². The van der Waals surface area contributed by atoms with Gasteiger partial charge in [0.1, 0.15) is 11.5 Å². The van der Waals surface area contributed by atoms with Crippen molar-refractivity contribution in [3.63, 3.8) is 0 Å². The smallest absolute Gasteiger partial charge is 0.350 e. The fourth-order valence-corrected chi connectivity index (χ4v) is 1.48. The van der Waals surface area contributed by atoms with E-state index in [4.69, 9.17) is 9.47 Å². The Morgan fingerprint density at radius 2 is 2.38 bits per heavy atom. The largest absolute Gasteiger partial charge is 0.459 e. The molecule has 0 aromatic carbocycles. The zero-order valence-electron chi connectivity index (χ0n) is 7.57. The lowest BCUT2D eigenvalue weighted by molar-refractivity contribution is 0.0392. The highest BCUT2D eigenvalue weighted by Crippen LogP contribution is 2.12. The van der Waals surface area contributed by atoms with E-state index in [1.165, 1.54) is 11.3 Å². The number of rotatable bonds is 4. The highest BCUT2D eigenvalue weighted by atomic mass is 32.1. The number of aryl methyl sites for hydroxylation is 1. The second-order valence-corrected chi connectivity index (χ2v) is 3.25. The van der Waals surface area contributed by atoms with Crippen molar-refractivity contribution >= 4 is 17.3 Å². The first-order valence-corrected chi connectivity index (χ1v) is 4.70. The van der Waals surface area contributed by atoms with Crippen molar-refractivity contribution in [2.75, 3.05) is 20.3 Å². The van der Waals surface area contributed by atoms with Crippen LogP contribution in [0.3, 0.4) is 0 Å². The Bertz CT molecular complexity index is 285. The van der Waals surface area contributed by atoms with Crippen LogP contribution < -0.4 is 0 Å². The van der Waals surface area contributed by atoms with Gasteiger partial charge in [-0.05, 0) is 6.92 Å². The Balaban J connectivity index is 2.45. The molecule has 0 aliphatic carbocycles. The average molecular weight is 201 g/mol. The van der Waals surface area contributed by atoms with E-state index < -0.39 is 0 Å². The van der Waals surface area contributed by atoms with Gasteiger partial charge in [0.2, 0.25) is 0 Å². The van der Waals surface area contributed by atoms with Crippen molar-refractivity contribution in [1.29, 1.82) is 0 Å². The lowest BCUT2D eigenvalue weighted by Gasteiger charge is -2.01. The van der Waals surface area contributed by atoms with Gasteiger partial charge >= 0.3 is 5.97 Å². The summed E-state index contributed by atoms with van der Waals surface area (Å²) in [6.45, 7) is 2.49. The van der Waals surface area contributed by atoms with Crippen LogP contribution in [0.4, 0.5) is 0 Å². The first kappa shape index (κ1) is 10.1. The van der Waals surface area contributed by atoms with Crippen LogP contribution in [-0.4, -0.2) is 31.3 Å². The van der Waals surface area contributed by atoms with Crippen LogP contribution in [0, 0.1) is 6.92 Å². The molecule has 0 fully saturated rings. The van der Waals surface area contributed by atoms with Crippen LogP contribution in [-0.2, 0) is 9.47 Å². The lowest BCUT2D eigenvalue weighted by Crippen LogP contribution is -2.09. The summed E-state index contributed by atoms with van der Waals surface area (Å²) in [6, 6.07) is 0. The minimum atomic E-state index is -0.322. The molecule has 0 spiro atoms. The van der Waals surface area contributed by atoms with Crippen LogP contribution >= 0.6 is 11.3 Å². The third-order valence-corrected chi connectivity index (χ3v) is 2.36. The number of carbonyl (C=O) groups excluding carboxylic acids is 1. The summed E-state index contributed by atoms with van der Waals surface area (Å²) >= 11 is 1.29. The molecular weight excluding hydrogens is 190 g/mol. The topological polar surface area (TPSA) is 48.4 Å². The molecule has 1 aromatic heterocycles. The van der Waals surface area contributed by atoms with E-state index >= 15 is 0 Å². The molecule has 0 radical (unpaired) electrons. The number of ether oxygens (including phenoxy) is 2. The Hall–Kier alpha value is -0.940. The van der Waals surface area contributed by atoms with Gasteiger partial charge in [0, 0.05) is 7.11 Å². The van der Waals surface area contributed by atoms with E-state index in [2.05, 4.69) is 4.98 Å². The quantitative estimate of drug-likeness (QED) is 0.543. The summed E-state index contributed by atoms with van der Waals surface area (Å²) in [5.74, 6) is -0.322. The minimum absolute atomic E-state index is 0.284. The number of thiazole rings is 1. The number of carbonyl (C=O) groups is 1. The lowest BCUT2D eigenvalue weighted by atomic mass is 10.4. The molecular formula is C8H11NO3S. The summed E-state index contributed by atoms with van der Waals surface area (Å²) in [5.41, 5.74) is 2.34. The van der Waals surface area contributed by atoms with Gasteiger partial charge in [0.15, 0.2) is 0 Å². The number of esters is 1. The third kappa shape index (κ3) is 2.78. The second-order valence-electron chi connectivity index (χ2n) is 2.40. The van der Waals surface area contributed by atoms with Crippen molar-refractivity contribution in [2.24, 2.45) is 0 Å². The molecule has 0 unspecified atom stereocenters. The van der Waals surface area contributed by atoms with Crippen LogP contribution in [0.1, 0.15) is 15.4 Å². The van der Waals surface area contributed by atoms with E-state index in [0.29, 0.717) is 17.2 Å². The summed E-state index contributed by atoms with van der Waals surface area (Å²) in [4.78, 5) is 15.8. The maximum atomic E-state index is 11.3. The third-order valence-electron chi connectivity index (χ3n) is 1.45. The maximum absolute atomic E-state index is 11.3. The molecule has 13 heavy (non-hydrogen) atoms. The number of aromatic nitrogens is 1. The van der Waals surface area contributed by atoms with Gasteiger partial charge in [-0.1, -0.05) is 0 Å². The van der Waals surface area contributed by atoms with Gasteiger partial charge in [-0.25, -0.2) is 9.78 Å². The SMILES string of the molecule is COCCOC(=O)c1scnc1C. The minimum Gasteiger partial charge on any atom is -0.459 e. The van der Waals surface area contributed by atoms with Gasteiger partial charge in [0.25, 0.3) is 0 Å². The molecule has 0 N–H and O–H groups in total. The molecule has 4 nitrogen and oxygen atoms in total. The van der Waals surface area contributed by atoms with E-state index in [0.717, 1.165) is 0 Å². The van der Waals surface area contributed by atoms with Crippen LogP contribution in [0.15, 0.2) is 5.51 Å². The predicted molar refractivity (Wildman–Crippen MR) is 49.0 cm³/mol. The Morgan fingerprint density at radius 1 is 1.62 bits per heavy atom. The Morgan fingerprint density at radius 3 is 2.92 bits per heavy atom. The summed E-state index contributed by atoms with van der Waals surface area (Å²) in [7, 11) is 1.56. The second kappa shape index (κ2) is 4.94. The molecule has 0 aliphatic rings. The molecule has 72 valence electrons. The molecule has 0 aliphatic heterocycles. The standard InChI is InChI=1S/C8H11NO3S/c1-6-7(13-5-9-6)8(10)12-4-3-11-2/h5H,3-4H2,1-2H3. The van der Waals surface area contributed by atoms with Crippen molar-refractivity contribution in [2.45, 2.75) is 6.92 Å². The van der Waals surface area contributed by atoms with Crippen molar-refractivity contribution in [3.8, 4) is 0 Å². The molecule has 0 atom stereocenters. The average Bonchev–Trinajstić information content (AvgIpc) is 2.52. The zero-order valence-corrected chi connectivity index (χ0v) is 8.39. The van der Waals surface area contributed by atoms with Gasteiger partial charge in [-0.15, -0.1) is 11.3 Å². The van der Waals surface area contributed by atoms with E-state index in [1.807, 2.05) is 0 Å². The molecule has 1 aromatic rings. The predicted octanol–water partition coefficient (Wildman–Crippen LogP) is 1.25. The molecule has 0 saturated carbocycles. The Labute approximate surface area is 80.5 Å². The number of hydrogen-bond donors (Lipinski definition) is 0. The fourth-order valence-electron chi connectivity index (χ4n) is 0.781. The van der Waals surface area contributed by atoms with Gasteiger partial charge in [0.05, 0.1) is 17.8 Å². The normalized spacial score (nSPS) is 10.0. The van der Waals surface area contributed by atoms with Crippen LogP contribution in [0.2, 0.25) is 0 Å². The zero-order chi connectivity index (χ0) is 9.68. The summed E-state index contributed by atoms with van der Waals surface area (Å²) in [5, 5.41) is 0. The van der Waals surface area contributed by atoms with Gasteiger partial charge in [-0.3, -0.25) is 0 Å². The molecule has 0 amide bonds. The molecule has 1 heterocycles. The number of methoxy groups -OCH3 is 1. The van der Waals surface area contributed by atoms with E-state index in [-0.39, 0.29) is 12.6 Å². The fraction of sp³-hybridized carbons (Fsp3) is 0.500. The maximum Gasteiger partial charge on any atom is 0.350 e. The highest BCUT2D eigenvalue weighted by molar-refractivity contribution is 7.11. The monoisotopic (exact) mass is 201 g/mol. The van der Waals surface area contributed by atoms with Gasteiger partial charge < -0.3 is 9.47 Å². The van der Waals surface area contributed by atoms with Crippen LogP contribution in [0.25, 0.3) is 0 Å². The van der Waals surface area contributed by atoms with Gasteiger partial charge in [-0.2, -0.15) is 0 Å².